The van der Waals surface area contributed by atoms with Gasteiger partial charge in [0.05, 0.1) is 17.1 Å². The molecule has 2 N–H and O–H groups in total. The molecule has 0 saturated carbocycles. The second-order valence-electron chi connectivity index (χ2n) is 7.47. The number of halogens is 3. The molecule has 0 amide bonds. The Hall–Kier alpha value is -0.400. The average Bonchev–Trinajstić information content (AvgIpc) is 2.77. The minimum absolute atomic E-state index is 0.0105. The third-order valence-corrected chi connectivity index (χ3v) is 14.0. The zero-order chi connectivity index (χ0) is 27.2. The molecule has 0 bridgehead atoms. The quantitative estimate of drug-likeness (QED) is 0.311. The van der Waals surface area contributed by atoms with Crippen molar-refractivity contribution in [3.05, 3.63) is 46.6 Å². The van der Waals surface area contributed by atoms with Gasteiger partial charge in [-0.1, -0.05) is 20.8 Å². The predicted octanol–water partition coefficient (Wildman–Crippen LogP) is 5.61. The van der Waals surface area contributed by atoms with E-state index in [4.69, 9.17) is 9.84 Å². The van der Waals surface area contributed by atoms with Crippen LogP contribution in [-0.4, -0.2) is 48.6 Å². The molecule has 0 aliphatic heterocycles. The van der Waals surface area contributed by atoms with Crippen LogP contribution >= 0.6 is 67.8 Å². The lowest BCUT2D eigenvalue weighted by molar-refractivity contribution is -0.136. The molecule has 2 aromatic carbocycles. The fourth-order valence-electron chi connectivity index (χ4n) is 2.90. The van der Waals surface area contributed by atoms with Gasteiger partial charge in [-0.15, -0.1) is 0 Å². The average molecular weight is 864 g/mol. The molecule has 0 heterocycles. The number of benzene rings is 2. The van der Waals surface area contributed by atoms with Crippen LogP contribution in [-0.2, 0) is 30.9 Å². The standard InChI is InChI=1S/C14H9I3O4.C8H18O4S2/c15-9-6-8(1-2-12(9)18)21-14-10(16)3-7(4-11(14)17)5-13(19)20;1-5-8(4,13(9,10)6-2)14(11,12)7-3/h1-4,6,18H,5H2,(H,19,20);5-7H2,1-4H3. The van der Waals surface area contributed by atoms with Gasteiger partial charge in [-0.2, -0.15) is 0 Å². The smallest absolute Gasteiger partial charge is 0.307 e. The number of phenolic OH excluding ortho intramolecular Hbond substituents is 1. The lowest BCUT2D eigenvalue weighted by atomic mass is 10.1. The van der Waals surface area contributed by atoms with Gasteiger partial charge in [0, 0.05) is 11.5 Å². The van der Waals surface area contributed by atoms with Crippen LogP contribution < -0.4 is 4.74 Å². The highest BCUT2D eigenvalue weighted by Crippen LogP contribution is 2.35. The second-order valence-corrected chi connectivity index (χ2v) is 16.6. The molecule has 2 rings (SSSR count). The molecule has 35 heavy (non-hydrogen) atoms. The summed E-state index contributed by atoms with van der Waals surface area (Å²) in [6.45, 7) is 5.81. The number of sulfone groups is 2. The summed E-state index contributed by atoms with van der Waals surface area (Å²) in [6, 6.07) is 8.62. The first-order valence-electron chi connectivity index (χ1n) is 10.4. The van der Waals surface area contributed by atoms with Crippen LogP contribution in [0.2, 0.25) is 0 Å². The highest BCUT2D eigenvalue weighted by atomic mass is 127. The first-order valence-corrected chi connectivity index (χ1v) is 16.9. The van der Waals surface area contributed by atoms with Crippen molar-refractivity contribution >= 4 is 93.4 Å². The van der Waals surface area contributed by atoms with Gasteiger partial charge in [0.1, 0.15) is 11.5 Å². The third kappa shape index (κ3) is 8.29. The van der Waals surface area contributed by atoms with Gasteiger partial charge < -0.3 is 14.9 Å². The summed E-state index contributed by atoms with van der Waals surface area (Å²) < 4.78 is 53.3. The van der Waals surface area contributed by atoms with Crippen molar-refractivity contribution in [1.29, 1.82) is 0 Å². The number of carboxylic acid groups (broad SMARTS) is 1. The molecule has 0 atom stereocenters. The first kappa shape index (κ1) is 32.6. The van der Waals surface area contributed by atoms with E-state index in [1.807, 2.05) is 22.6 Å². The largest absolute Gasteiger partial charge is 0.507 e. The van der Waals surface area contributed by atoms with Crippen molar-refractivity contribution in [3.8, 4) is 17.2 Å². The summed E-state index contributed by atoms with van der Waals surface area (Å²) in [4.78, 5) is 10.8. The SMILES string of the molecule is CCC(C)(S(=O)(=O)CC)S(=O)(=O)CC.O=C(O)Cc1cc(I)c(Oc2ccc(O)c(I)c2)c(I)c1. The van der Waals surface area contributed by atoms with Crippen molar-refractivity contribution in [2.45, 2.75) is 44.6 Å². The van der Waals surface area contributed by atoms with Crippen LogP contribution in [0.5, 0.6) is 17.2 Å². The molecule has 13 heteroatoms. The molecule has 8 nitrogen and oxygen atoms in total. The van der Waals surface area contributed by atoms with Gasteiger partial charge in [0.2, 0.25) is 0 Å². The molecule has 0 aliphatic rings. The summed E-state index contributed by atoms with van der Waals surface area (Å²) >= 11 is 6.28. The van der Waals surface area contributed by atoms with E-state index >= 15 is 0 Å². The van der Waals surface area contributed by atoms with E-state index in [2.05, 4.69) is 45.2 Å². The molecule has 0 aromatic heterocycles. The number of carbonyl (C=O) groups is 1. The summed E-state index contributed by atoms with van der Waals surface area (Å²) in [7, 11) is -7.14. The van der Waals surface area contributed by atoms with Gasteiger partial charge in [-0.3, -0.25) is 4.79 Å². The van der Waals surface area contributed by atoms with E-state index in [0.29, 0.717) is 15.1 Å². The molecular weight excluding hydrogens is 837 g/mol. The van der Waals surface area contributed by atoms with Crippen LogP contribution in [0.15, 0.2) is 30.3 Å². The zero-order valence-corrected chi connectivity index (χ0v) is 27.6. The Balaban J connectivity index is 0.000000383. The summed E-state index contributed by atoms with van der Waals surface area (Å²) in [5, 5.41) is 18.4. The third-order valence-electron chi connectivity index (χ3n) is 5.27. The maximum Gasteiger partial charge on any atom is 0.307 e. The Bertz CT molecular complexity index is 1220. The Morgan fingerprint density at radius 3 is 1.77 bits per heavy atom. The maximum atomic E-state index is 11.7. The molecule has 0 aliphatic carbocycles. The number of aliphatic carboxylic acids is 1. The molecule has 0 radical (unpaired) electrons. The van der Waals surface area contributed by atoms with Crippen LogP contribution in [0.1, 0.15) is 39.7 Å². The molecular formula is C22H27I3O8S2. The van der Waals surface area contributed by atoms with E-state index < -0.39 is 29.7 Å². The van der Waals surface area contributed by atoms with E-state index in [0.717, 1.165) is 12.7 Å². The summed E-state index contributed by atoms with van der Waals surface area (Å²) in [6.07, 6.45) is 0.0860. The van der Waals surface area contributed by atoms with Crippen molar-refractivity contribution in [2.75, 3.05) is 11.5 Å². The fourth-order valence-corrected chi connectivity index (χ4v) is 9.86. The number of phenols is 1. The van der Waals surface area contributed by atoms with Crippen molar-refractivity contribution in [1.82, 2.24) is 0 Å². The molecule has 0 saturated heterocycles. The first-order chi connectivity index (χ1) is 16.0. The Kier molecular flexibility index (Phi) is 12.5. The number of hydrogen-bond donors (Lipinski definition) is 2. The van der Waals surface area contributed by atoms with Crippen molar-refractivity contribution in [2.24, 2.45) is 0 Å². The minimum Gasteiger partial charge on any atom is -0.507 e. The number of aromatic hydroxyl groups is 1. The van der Waals surface area contributed by atoms with Gasteiger partial charge in [0.15, 0.2) is 29.5 Å². The lowest BCUT2D eigenvalue weighted by Crippen LogP contribution is -2.44. The minimum atomic E-state index is -3.57. The van der Waals surface area contributed by atoms with E-state index in [1.165, 1.54) is 20.8 Å². The Morgan fingerprint density at radius 2 is 1.40 bits per heavy atom. The maximum absolute atomic E-state index is 11.7. The van der Waals surface area contributed by atoms with Gasteiger partial charge >= 0.3 is 5.97 Å². The van der Waals surface area contributed by atoms with Gasteiger partial charge in [-0.05, 0) is 117 Å². The monoisotopic (exact) mass is 864 g/mol. The molecule has 0 unspecified atom stereocenters. The molecule has 0 fully saturated rings. The van der Waals surface area contributed by atoms with Crippen LogP contribution in [0.3, 0.4) is 0 Å². The molecule has 2 aromatic rings. The highest BCUT2D eigenvalue weighted by molar-refractivity contribution is 14.1. The summed E-state index contributed by atoms with van der Waals surface area (Å²) in [5.74, 6) is 0.381. The van der Waals surface area contributed by atoms with E-state index in [1.54, 1.807) is 37.3 Å². The number of rotatable bonds is 9. The van der Waals surface area contributed by atoms with E-state index in [-0.39, 0.29) is 30.1 Å². The van der Waals surface area contributed by atoms with E-state index in [9.17, 15) is 26.7 Å². The van der Waals surface area contributed by atoms with Crippen LogP contribution in [0.25, 0.3) is 0 Å². The van der Waals surface area contributed by atoms with Gasteiger partial charge in [-0.25, -0.2) is 16.8 Å². The van der Waals surface area contributed by atoms with Crippen molar-refractivity contribution in [3.63, 3.8) is 0 Å². The number of ether oxygens (including phenoxy) is 1. The van der Waals surface area contributed by atoms with Crippen molar-refractivity contribution < 1.29 is 36.6 Å². The Labute approximate surface area is 247 Å². The predicted molar refractivity (Wildman–Crippen MR) is 162 cm³/mol. The molecule has 0 spiro atoms. The lowest BCUT2D eigenvalue weighted by Gasteiger charge is -2.26. The second kappa shape index (κ2) is 13.4. The van der Waals surface area contributed by atoms with Gasteiger partial charge in [0.25, 0.3) is 0 Å². The number of carboxylic acids is 1. The highest BCUT2D eigenvalue weighted by Gasteiger charge is 2.47. The van der Waals surface area contributed by atoms with Crippen LogP contribution in [0, 0.1) is 10.7 Å². The summed E-state index contributed by atoms with van der Waals surface area (Å²) in [5.41, 5.74) is 0.740. The fraction of sp³-hybridized carbons (Fsp3) is 0.409. The topological polar surface area (TPSA) is 135 Å². The zero-order valence-electron chi connectivity index (χ0n) is 19.5. The molecule has 196 valence electrons. The normalized spacial score (nSPS) is 12.0. The Morgan fingerprint density at radius 1 is 0.914 bits per heavy atom. The van der Waals surface area contributed by atoms with Crippen LogP contribution in [0.4, 0.5) is 0 Å². The number of hydrogen-bond acceptors (Lipinski definition) is 7.